The number of hydrogen-bond donors (Lipinski definition) is 1. The second-order valence-electron chi connectivity index (χ2n) is 4.12. The van der Waals surface area contributed by atoms with E-state index in [1.54, 1.807) is 0 Å². The van der Waals surface area contributed by atoms with Crippen LogP contribution in [0.3, 0.4) is 0 Å². The lowest BCUT2D eigenvalue weighted by Crippen LogP contribution is -2.39. The Kier molecular flexibility index (Phi) is 3.95. The Bertz CT molecular complexity index is 187. The van der Waals surface area contributed by atoms with Crippen molar-refractivity contribution in [2.75, 3.05) is 20.1 Å². The highest BCUT2D eigenvalue weighted by Crippen LogP contribution is 2.30. The van der Waals surface area contributed by atoms with Gasteiger partial charge in [-0.25, -0.2) is 0 Å². The van der Waals surface area contributed by atoms with Gasteiger partial charge < -0.3 is 5.11 Å². The van der Waals surface area contributed by atoms with Gasteiger partial charge in [0.25, 0.3) is 0 Å². The van der Waals surface area contributed by atoms with Crippen LogP contribution in [-0.4, -0.2) is 35.7 Å². The summed E-state index contributed by atoms with van der Waals surface area (Å²) >= 11 is 3.32. The van der Waals surface area contributed by atoms with Crippen molar-refractivity contribution in [3.63, 3.8) is 0 Å². The fourth-order valence-electron chi connectivity index (χ4n) is 2.04. The highest BCUT2D eigenvalue weighted by molar-refractivity contribution is 9.11. The van der Waals surface area contributed by atoms with Crippen molar-refractivity contribution in [3.05, 3.63) is 11.1 Å². The number of aliphatic hydroxyl groups is 1. The molecular weight excluding hydrogens is 230 g/mol. The number of hydrogen-bond acceptors (Lipinski definition) is 2. The third-order valence-corrected chi connectivity index (χ3v) is 2.79. The molecule has 3 heteroatoms. The molecule has 1 rings (SSSR count). The van der Waals surface area contributed by atoms with E-state index in [1.165, 1.54) is 12.8 Å². The van der Waals surface area contributed by atoms with Crippen molar-refractivity contribution < 1.29 is 5.11 Å². The van der Waals surface area contributed by atoms with Crippen LogP contribution in [0.2, 0.25) is 0 Å². The summed E-state index contributed by atoms with van der Waals surface area (Å²) in [5, 5.41) is 10.1. The maximum absolute atomic E-state index is 10.1. The zero-order valence-electron chi connectivity index (χ0n) is 8.22. The minimum atomic E-state index is -0.433. The molecule has 1 N–H and O–H groups in total. The molecule has 76 valence electrons. The first-order valence-electron chi connectivity index (χ1n) is 4.76. The molecule has 13 heavy (non-hydrogen) atoms. The van der Waals surface area contributed by atoms with Crippen molar-refractivity contribution in [2.45, 2.75) is 31.3 Å². The van der Waals surface area contributed by atoms with Crippen LogP contribution in [0.15, 0.2) is 11.1 Å². The monoisotopic (exact) mass is 247 g/mol. The van der Waals surface area contributed by atoms with Crippen molar-refractivity contribution in [1.82, 2.24) is 4.90 Å². The molecule has 1 saturated carbocycles. The first-order chi connectivity index (χ1) is 6.02. The molecule has 0 aromatic carbocycles. The van der Waals surface area contributed by atoms with Gasteiger partial charge in [-0.1, -0.05) is 35.4 Å². The quantitative estimate of drug-likeness (QED) is 0.823. The molecule has 0 atom stereocenters. The summed E-state index contributed by atoms with van der Waals surface area (Å²) in [6, 6.07) is 0. The summed E-state index contributed by atoms with van der Waals surface area (Å²) in [6.45, 7) is 5.36. The smallest absolute Gasteiger partial charge is 0.0774 e. The minimum Gasteiger partial charge on any atom is -0.389 e. The van der Waals surface area contributed by atoms with Crippen LogP contribution in [0.1, 0.15) is 25.7 Å². The normalized spacial score (nSPS) is 20.9. The topological polar surface area (TPSA) is 23.5 Å². The lowest BCUT2D eigenvalue weighted by Gasteiger charge is -2.28. The Morgan fingerprint density at radius 1 is 1.54 bits per heavy atom. The van der Waals surface area contributed by atoms with Gasteiger partial charge in [-0.05, 0) is 19.9 Å². The molecule has 0 aromatic rings. The average Bonchev–Trinajstić information content (AvgIpc) is 2.33. The van der Waals surface area contributed by atoms with E-state index in [0.717, 1.165) is 30.4 Å². The Balaban J connectivity index is 2.33. The highest BCUT2D eigenvalue weighted by Gasteiger charge is 2.31. The van der Waals surface area contributed by atoms with Crippen molar-refractivity contribution in [1.29, 1.82) is 0 Å². The number of rotatable bonds is 4. The van der Waals surface area contributed by atoms with Gasteiger partial charge in [0.2, 0.25) is 0 Å². The number of likely N-dealkylation sites (N-methyl/N-ethyl adjacent to an activating group) is 1. The maximum atomic E-state index is 10.1. The molecule has 1 aliphatic rings. The fraction of sp³-hybridized carbons (Fsp3) is 0.800. The Morgan fingerprint density at radius 2 is 2.08 bits per heavy atom. The highest BCUT2D eigenvalue weighted by atomic mass is 79.9. The van der Waals surface area contributed by atoms with Gasteiger partial charge in [0.1, 0.15) is 0 Å². The minimum absolute atomic E-state index is 0.433. The predicted molar refractivity (Wildman–Crippen MR) is 59.0 cm³/mol. The van der Waals surface area contributed by atoms with E-state index < -0.39 is 5.60 Å². The van der Waals surface area contributed by atoms with Crippen molar-refractivity contribution >= 4 is 15.9 Å². The van der Waals surface area contributed by atoms with Gasteiger partial charge in [0.05, 0.1) is 5.60 Å². The molecule has 0 radical (unpaired) electrons. The predicted octanol–water partition coefficient (Wildman–Crippen LogP) is 2.13. The van der Waals surface area contributed by atoms with E-state index in [2.05, 4.69) is 27.4 Å². The summed E-state index contributed by atoms with van der Waals surface area (Å²) in [7, 11) is 2.02. The third kappa shape index (κ3) is 3.79. The molecule has 0 aromatic heterocycles. The lowest BCUT2D eigenvalue weighted by atomic mass is 10.0. The summed E-state index contributed by atoms with van der Waals surface area (Å²) in [6.07, 6.45) is 4.23. The zero-order valence-corrected chi connectivity index (χ0v) is 9.81. The van der Waals surface area contributed by atoms with Crippen LogP contribution in [0.25, 0.3) is 0 Å². The summed E-state index contributed by atoms with van der Waals surface area (Å²) < 4.78 is 0.969. The number of nitrogens with zero attached hydrogens (tertiary/aromatic N) is 1. The van der Waals surface area contributed by atoms with Crippen LogP contribution in [0.4, 0.5) is 0 Å². The van der Waals surface area contributed by atoms with E-state index in [9.17, 15) is 5.11 Å². The molecule has 1 aliphatic carbocycles. The molecule has 0 aliphatic heterocycles. The Labute approximate surface area is 88.7 Å². The van der Waals surface area contributed by atoms with Crippen LogP contribution >= 0.6 is 15.9 Å². The van der Waals surface area contributed by atoms with Crippen molar-refractivity contribution in [2.24, 2.45) is 0 Å². The van der Waals surface area contributed by atoms with E-state index in [0.29, 0.717) is 0 Å². The van der Waals surface area contributed by atoms with Gasteiger partial charge in [-0.2, -0.15) is 0 Å². The van der Waals surface area contributed by atoms with Crippen molar-refractivity contribution in [3.8, 4) is 0 Å². The molecule has 2 nitrogen and oxygen atoms in total. The summed E-state index contributed by atoms with van der Waals surface area (Å²) in [5.74, 6) is 0. The molecule has 0 amide bonds. The van der Waals surface area contributed by atoms with Crippen LogP contribution < -0.4 is 0 Å². The SMILES string of the molecule is C=C(Br)CN(C)CC1(O)CCCC1. The average molecular weight is 248 g/mol. The van der Waals surface area contributed by atoms with Gasteiger partial charge in [0.15, 0.2) is 0 Å². The second-order valence-corrected chi connectivity index (χ2v) is 5.24. The number of halogens is 1. The molecule has 0 spiro atoms. The van der Waals surface area contributed by atoms with E-state index in [1.807, 2.05) is 7.05 Å². The van der Waals surface area contributed by atoms with E-state index in [-0.39, 0.29) is 0 Å². The second kappa shape index (κ2) is 4.58. The molecular formula is C10H18BrNO. The molecule has 0 unspecified atom stereocenters. The molecule has 1 fully saturated rings. The van der Waals surface area contributed by atoms with E-state index >= 15 is 0 Å². The summed E-state index contributed by atoms with van der Waals surface area (Å²) in [5.41, 5.74) is -0.433. The standard InChI is InChI=1S/C10H18BrNO/c1-9(11)7-12(2)8-10(13)5-3-4-6-10/h13H,1,3-8H2,2H3. The Hall–Kier alpha value is 0.140. The zero-order chi connectivity index (χ0) is 9.90. The van der Waals surface area contributed by atoms with Crippen LogP contribution in [0, 0.1) is 0 Å². The molecule has 0 saturated heterocycles. The largest absolute Gasteiger partial charge is 0.389 e. The first-order valence-corrected chi connectivity index (χ1v) is 5.55. The van der Waals surface area contributed by atoms with Crippen LogP contribution in [0.5, 0.6) is 0 Å². The van der Waals surface area contributed by atoms with Gasteiger partial charge >= 0.3 is 0 Å². The van der Waals surface area contributed by atoms with Gasteiger partial charge in [-0.15, -0.1) is 0 Å². The molecule has 0 bridgehead atoms. The van der Waals surface area contributed by atoms with E-state index in [4.69, 9.17) is 0 Å². The molecule has 0 heterocycles. The van der Waals surface area contributed by atoms with Gasteiger partial charge in [0, 0.05) is 17.6 Å². The summed E-state index contributed by atoms with van der Waals surface area (Å²) in [4.78, 5) is 2.11. The lowest BCUT2D eigenvalue weighted by molar-refractivity contribution is 0.0190. The third-order valence-electron chi connectivity index (χ3n) is 2.54. The first kappa shape index (κ1) is 11.2. The fourth-order valence-corrected chi connectivity index (χ4v) is 2.47. The van der Waals surface area contributed by atoms with Crippen LogP contribution in [-0.2, 0) is 0 Å². The maximum Gasteiger partial charge on any atom is 0.0774 e. The van der Waals surface area contributed by atoms with Gasteiger partial charge in [-0.3, -0.25) is 4.90 Å². The Morgan fingerprint density at radius 3 is 2.54 bits per heavy atom.